The number of aromatic nitrogens is 1. The second-order valence-electron chi connectivity index (χ2n) is 10.3. The van der Waals surface area contributed by atoms with Gasteiger partial charge in [0, 0.05) is 49.2 Å². The number of amides is 1. The van der Waals surface area contributed by atoms with Gasteiger partial charge in [0.15, 0.2) is 6.61 Å². The number of rotatable bonds is 12. The molecule has 9 nitrogen and oxygen atoms in total. The number of benzene rings is 2. The van der Waals surface area contributed by atoms with E-state index in [-0.39, 0.29) is 12.5 Å². The Bertz CT molecular complexity index is 1430. The fraction of sp³-hybridized carbons (Fsp3) is 0.448. The lowest BCUT2D eigenvalue weighted by atomic mass is 9.81. The fourth-order valence-corrected chi connectivity index (χ4v) is 5.87. The van der Waals surface area contributed by atoms with Gasteiger partial charge in [-0.25, -0.2) is 5.14 Å². The number of hydrogen-bond acceptors (Lipinski definition) is 5. The van der Waals surface area contributed by atoms with Gasteiger partial charge in [-0.05, 0) is 55.4 Å². The van der Waals surface area contributed by atoms with Crippen molar-refractivity contribution in [3.8, 4) is 17.0 Å². The Morgan fingerprint density at radius 1 is 1.15 bits per heavy atom. The number of aldehydes is 1. The molecule has 0 spiro atoms. The van der Waals surface area contributed by atoms with Crippen molar-refractivity contribution >= 4 is 33.3 Å². The zero-order valence-electron chi connectivity index (χ0n) is 22.7. The van der Waals surface area contributed by atoms with Crippen LogP contribution < -0.4 is 15.2 Å². The summed E-state index contributed by atoms with van der Waals surface area (Å²) in [4.78, 5) is 24.0. The molecule has 3 aromatic rings. The normalized spacial score (nSPS) is 14.6. The molecular formula is C29H38N4O5S. The molecule has 1 aliphatic carbocycles. The molecule has 1 amide bonds. The number of ether oxygens (including phenoxy) is 1. The topological polar surface area (TPSA) is 124 Å². The molecule has 2 aromatic carbocycles. The molecule has 0 atom stereocenters. The Balaban J connectivity index is 1.51. The van der Waals surface area contributed by atoms with Crippen molar-refractivity contribution in [3.05, 3.63) is 53.6 Å². The number of carbonyl (C=O) groups is 2. The summed E-state index contributed by atoms with van der Waals surface area (Å²) in [6.45, 7) is 0.573. The van der Waals surface area contributed by atoms with Gasteiger partial charge < -0.3 is 14.6 Å². The van der Waals surface area contributed by atoms with E-state index in [0.717, 1.165) is 45.6 Å². The molecule has 1 aromatic heterocycles. The molecule has 1 aliphatic rings. The van der Waals surface area contributed by atoms with Gasteiger partial charge in [0.1, 0.15) is 12.0 Å². The first-order chi connectivity index (χ1) is 18.7. The van der Waals surface area contributed by atoms with Crippen LogP contribution in [0.1, 0.15) is 66.8 Å². The smallest absolute Gasteiger partial charge is 0.276 e. The molecule has 1 heterocycles. The van der Waals surface area contributed by atoms with Crippen LogP contribution in [0.15, 0.2) is 42.5 Å². The number of hydrogen-bond donors (Lipinski definition) is 2. The molecule has 0 saturated heterocycles. The summed E-state index contributed by atoms with van der Waals surface area (Å²) in [5.74, 6) is 0.801. The molecule has 0 aliphatic heterocycles. The van der Waals surface area contributed by atoms with E-state index in [2.05, 4.69) is 16.0 Å². The Morgan fingerprint density at radius 2 is 1.90 bits per heavy atom. The third-order valence-corrected chi connectivity index (χ3v) is 8.62. The minimum absolute atomic E-state index is 0.133. The molecule has 1 fully saturated rings. The monoisotopic (exact) mass is 554 g/mol. The summed E-state index contributed by atoms with van der Waals surface area (Å²) in [5.41, 5.74) is 4.92. The molecule has 0 radical (unpaired) electrons. The van der Waals surface area contributed by atoms with Crippen molar-refractivity contribution in [3.63, 3.8) is 0 Å². The van der Waals surface area contributed by atoms with E-state index in [4.69, 9.17) is 9.88 Å². The second kappa shape index (κ2) is 12.8. The van der Waals surface area contributed by atoms with Gasteiger partial charge in [-0.3, -0.25) is 9.59 Å². The number of fused-ring (bicyclic) bond motifs is 1. The molecule has 39 heavy (non-hydrogen) atoms. The van der Waals surface area contributed by atoms with Gasteiger partial charge in [-0.2, -0.15) is 12.7 Å². The molecule has 1 saturated carbocycles. The second-order valence-corrected chi connectivity index (χ2v) is 11.9. The maximum absolute atomic E-state index is 12.5. The lowest BCUT2D eigenvalue weighted by Crippen LogP contribution is -2.34. The lowest BCUT2D eigenvalue weighted by molar-refractivity contribution is -0.123. The van der Waals surface area contributed by atoms with E-state index in [1.54, 1.807) is 0 Å². The number of nitrogens with two attached hydrogens (primary N) is 1. The van der Waals surface area contributed by atoms with E-state index in [1.807, 2.05) is 43.4 Å². The summed E-state index contributed by atoms with van der Waals surface area (Å²) in [7, 11) is -0.240. The van der Waals surface area contributed by atoms with Gasteiger partial charge in [-0.1, -0.05) is 43.5 Å². The SMILES string of the molecule is CN(CCCCNC(=O)COc1ccccc1-c1c(C2CCCCC2)c2ccc(C=O)cc2n1C)S(N)(=O)=O. The van der Waals surface area contributed by atoms with E-state index >= 15 is 0 Å². The molecule has 0 bridgehead atoms. The van der Waals surface area contributed by atoms with Crippen molar-refractivity contribution in [2.24, 2.45) is 12.2 Å². The van der Waals surface area contributed by atoms with Crippen LogP contribution >= 0.6 is 0 Å². The van der Waals surface area contributed by atoms with Crippen LogP contribution in [0.25, 0.3) is 22.2 Å². The lowest BCUT2D eigenvalue weighted by Gasteiger charge is -2.24. The average Bonchev–Trinajstić information content (AvgIpc) is 3.22. The highest BCUT2D eigenvalue weighted by Crippen LogP contribution is 2.45. The summed E-state index contributed by atoms with van der Waals surface area (Å²) in [6, 6.07) is 13.7. The molecule has 3 N–H and O–H groups in total. The van der Waals surface area contributed by atoms with Crippen molar-refractivity contribution in [1.82, 2.24) is 14.2 Å². The molecule has 4 rings (SSSR count). The number of nitrogens with zero attached hydrogens (tertiary/aromatic N) is 2. The van der Waals surface area contributed by atoms with Gasteiger partial charge in [0.2, 0.25) is 0 Å². The van der Waals surface area contributed by atoms with Crippen LogP contribution in [0.3, 0.4) is 0 Å². The average molecular weight is 555 g/mol. The number of nitrogens with one attached hydrogen (secondary N) is 1. The zero-order chi connectivity index (χ0) is 28.0. The highest BCUT2D eigenvalue weighted by molar-refractivity contribution is 7.86. The standard InChI is InChI=1S/C29H38N4O5S/c1-32(39(30,36)37)17-9-8-16-31-27(35)20-38-26-13-7-6-12-24(26)29-28(22-10-4-3-5-11-22)23-15-14-21(19-34)18-25(23)33(29)2/h6-7,12-15,18-19,22H,3-5,8-11,16-17,20H2,1-2H3,(H,31,35)(H2,30,36,37). The van der Waals surface area contributed by atoms with Crippen LogP contribution in [0.4, 0.5) is 0 Å². The van der Waals surface area contributed by atoms with Crippen LogP contribution in [0, 0.1) is 0 Å². The fourth-order valence-electron chi connectivity index (χ4n) is 5.48. The summed E-state index contributed by atoms with van der Waals surface area (Å²) in [5, 5.41) is 9.07. The Morgan fingerprint density at radius 3 is 2.62 bits per heavy atom. The highest BCUT2D eigenvalue weighted by atomic mass is 32.2. The van der Waals surface area contributed by atoms with Crippen LogP contribution in [-0.4, -0.2) is 56.2 Å². The van der Waals surface area contributed by atoms with Gasteiger partial charge in [0.05, 0.1) is 5.69 Å². The van der Waals surface area contributed by atoms with Gasteiger partial charge in [-0.15, -0.1) is 0 Å². The maximum Gasteiger partial charge on any atom is 0.276 e. The summed E-state index contributed by atoms with van der Waals surface area (Å²) in [6.07, 6.45) is 7.97. The van der Waals surface area contributed by atoms with Crippen molar-refractivity contribution < 1.29 is 22.7 Å². The maximum atomic E-state index is 12.5. The van der Waals surface area contributed by atoms with Crippen molar-refractivity contribution in [2.45, 2.75) is 50.9 Å². The van der Waals surface area contributed by atoms with Crippen LogP contribution in [0.2, 0.25) is 0 Å². The predicted octanol–water partition coefficient (Wildman–Crippen LogP) is 4.12. The molecule has 0 unspecified atom stereocenters. The van der Waals surface area contributed by atoms with Gasteiger partial charge >= 0.3 is 0 Å². The first kappa shape index (κ1) is 28.8. The number of para-hydroxylation sites is 1. The third kappa shape index (κ3) is 6.87. The predicted molar refractivity (Wildman–Crippen MR) is 153 cm³/mol. The number of unbranched alkanes of at least 4 members (excludes halogenated alkanes) is 1. The molecular weight excluding hydrogens is 516 g/mol. The molecule has 210 valence electrons. The van der Waals surface area contributed by atoms with Crippen molar-refractivity contribution in [1.29, 1.82) is 0 Å². The van der Waals surface area contributed by atoms with E-state index < -0.39 is 10.2 Å². The quantitative estimate of drug-likeness (QED) is 0.258. The molecule has 10 heteroatoms. The van der Waals surface area contributed by atoms with Gasteiger partial charge in [0.25, 0.3) is 16.1 Å². The van der Waals surface area contributed by atoms with E-state index in [0.29, 0.717) is 43.2 Å². The largest absolute Gasteiger partial charge is 0.483 e. The Hall–Kier alpha value is -3.21. The first-order valence-corrected chi connectivity index (χ1v) is 15.0. The third-order valence-electron chi connectivity index (χ3n) is 7.57. The minimum atomic E-state index is -3.69. The highest BCUT2D eigenvalue weighted by Gasteiger charge is 2.27. The summed E-state index contributed by atoms with van der Waals surface area (Å²) >= 11 is 0. The van der Waals surface area contributed by atoms with Crippen LogP contribution in [-0.2, 0) is 22.1 Å². The summed E-state index contributed by atoms with van der Waals surface area (Å²) < 4.78 is 31.8. The minimum Gasteiger partial charge on any atom is -0.483 e. The van der Waals surface area contributed by atoms with Crippen LogP contribution in [0.5, 0.6) is 5.75 Å². The van der Waals surface area contributed by atoms with E-state index in [1.165, 1.54) is 31.9 Å². The number of aryl methyl sites for hydroxylation is 1. The van der Waals surface area contributed by atoms with Crippen molar-refractivity contribution in [2.75, 3.05) is 26.7 Å². The Kier molecular flexibility index (Phi) is 9.42. The Labute approximate surface area is 230 Å². The number of carbonyl (C=O) groups excluding carboxylic acids is 2. The zero-order valence-corrected chi connectivity index (χ0v) is 23.5. The van der Waals surface area contributed by atoms with E-state index in [9.17, 15) is 18.0 Å². The first-order valence-electron chi connectivity index (χ1n) is 13.5.